The fourth-order valence-electron chi connectivity index (χ4n) is 2.97. The third-order valence-electron chi connectivity index (χ3n) is 4.39. The summed E-state index contributed by atoms with van der Waals surface area (Å²) < 4.78 is 24.5. The molecule has 0 aliphatic carbocycles. The van der Waals surface area contributed by atoms with Gasteiger partial charge in [-0.2, -0.15) is 0 Å². The number of hydrogen-bond acceptors (Lipinski definition) is 4. The van der Waals surface area contributed by atoms with Crippen LogP contribution in [-0.4, -0.2) is 55.0 Å². The zero-order valence-corrected chi connectivity index (χ0v) is 14.0. The predicted molar refractivity (Wildman–Crippen MR) is 88.6 cm³/mol. The second kappa shape index (κ2) is 5.93. The number of H-pyrrole nitrogens is 1. The Morgan fingerprint density at radius 3 is 2.70 bits per heavy atom. The van der Waals surface area contributed by atoms with Gasteiger partial charge in [-0.3, -0.25) is 4.79 Å². The largest absolute Gasteiger partial charge is 0.345 e. The summed E-state index contributed by atoms with van der Waals surface area (Å²) in [6.07, 6.45) is 3.95. The van der Waals surface area contributed by atoms with Crippen molar-refractivity contribution in [3.05, 3.63) is 24.5 Å². The molecule has 1 aliphatic heterocycles. The van der Waals surface area contributed by atoms with Gasteiger partial charge in [-0.1, -0.05) is 0 Å². The lowest BCUT2D eigenvalue weighted by Crippen LogP contribution is -2.43. The van der Waals surface area contributed by atoms with Crippen molar-refractivity contribution in [3.63, 3.8) is 0 Å². The molecule has 1 aromatic heterocycles. The Morgan fingerprint density at radius 1 is 1.35 bits per heavy atom. The van der Waals surface area contributed by atoms with Crippen LogP contribution in [0, 0.1) is 5.92 Å². The molecule has 1 amide bonds. The number of hydrogen-bond donors (Lipinski definition) is 1. The van der Waals surface area contributed by atoms with E-state index in [4.69, 9.17) is 0 Å². The van der Waals surface area contributed by atoms with Crippen LogP contribution in [0.3, 0.4) is 0 Å². The van der Waals surface area contributed by atoms with E-state index in [9.17, 15) is 13.2 Å². The molecular weight excluding hydrogens is 316 g/mol. The number of carbonyl (C=O) groups is 1. The standard InChI is InChI=1S/C15H20N4O3S/c1-18(12-3-4-13-14(9-12)17-10-16-13)15(20)11-5-7-19(8-6-11)23(2,21)22/h3-4,9-11H,5-8H2,1-2H3,(H,16,17). The minimum Gasteiger partial charge on any atom is -0.345 e. The summed E-state index contributed by atoms with van der Waals surface area (Å²) in [6, 6.07) is 5.63. The van der Waals surface area contributed by atoms with Gasteiger partial charge in [0, 0.05) is 31.7 Å². The van der Waals surface area contributed by atoms with Gasteiger partial charge in [0.15, 0.2) is 0 Å². The maximum atomic E-state index is 12.7. The van der Waals surface area contributed by atoms with Crippen molar-refractivity contribution in [2.45, 2.75) is 12.8 Å². The van der Waals surface area contributed by atoms with E-state index in [0.717, 1.165) is 16.7 Å². The maximum absolute atomic E-state index is 12.7. The number of carbonyl (C=O) groups excluding carboxylic acids is 1. The molecule has 3 rings (SSSR count). The Balaban J connectivity index is 1.70. The highest BCUT2D eigenvalue weighted by molar-refractivity contribution is 7.88. The molecule has 1 aliphatic rings. The summed E-state index contributed by atoms with van der Waals surface area (Å²) in [7, 11) is -1.42. The smallest absolute Gasteiger partial charge is 0.229 e. The van der Waals surface area contributed by atoms with E-state index in [0.29, 0.717) is 25.9 Å². The summed E-state index contributed by atoms with van der Waals surface area (Å²) >= 11 is 0. The minimum absolute atomic E-state index is 0.0250. The second-order valence-electron chi connectivity index (χ2n) is 5.94. The molecule has 0 bridgehead atoms. The lowest BCUT2D eigenvalue weighted by atomic mass is 9.96. The van der Waals surface area contributed by atoms with Gasteiger partial charge in [-0.05, 0) is 31.0 Å². The number of anilines is 1. The van der Waals surface area contributed by atoms with Crippen molar-refractivity contribution >= 4 is 32.7 Å². The quantitative estimate of drug-likeness (QED) is 0.912. The molecule has 2 aromatic rings. The summed E-state index contributed by atoms with van der Waals surface area (Å²) in [5.74, 6) is -0.118. The van der Waals surface area contributed by atoms with Crippen molar-refractivity contribution in [2.75, 3.05) is 31.3 Å². The zero-order chi connectivity index (χ0) is 16.6. The SMILES string of the molecule is CN(C(=O)C1CCN(S(C)(=O)=O)CC1)c1ccc2nc[nH]c2c1. The number of benzene rings is 1. The van der Waals surface area contributed by atoms with Crippen molar-refractivity contribution in [2.24, 2.45) is 5.92 Å². The van der Waals surface area contributed by atoms with Crippen LogP contribution in [-0.2, 0) is 14.8 Å². The number of rotatable bonds is 3. The van der Waals surface area contributed by atoms with Gasteiger partial charge in [0.1, 0.15) is 0 Å². The number of nitrogens with zero attached hydrogens (tertiary/aromatic N) is 3. The highest BCUT2D eigenvalue weighted by Gasteiger charge is 2.30. The van der Waals surface area contributed by atoms with E-state index in [-0.39, 0.29) is 11.8 Å². The van der Waals surface area contributed by atoms with Crippen LogP contribution in [0.2, 0.25) is 0 Å². The van der Waals surface area contributed by atoms with Gasteiger partial charge in [0.25, 0.3) is 0 Å². The highest BCUT2D eigenvalue weighted by atomic mass is 32.2. The first-order chi connectivity index (χ1) is 10.9. The average Bonchev–Trinajstić information content (AvgIpc) is 3.00. The highest BCUT2D eigenvalue weighted by Crippen LogP contribution is 2.25. The van der Waals surface area contributed by atoms with Crippen LogP contribution >= 0.6 is 0 Å². The number of imidazole rings is 1. The Morgan fingerprint density at radius 2 is 2.04 bits per heavy atom. The molecule has 1 aromatic carbocycles. The third kappa shape index (κ3) is 3.23. The van der Waals surface area contributed by atoms with Crippen LogP contribution in [0.25, 0.3) is 11.0 Å². The first-order valence-electron chi connectivity index (χ1n) is 7.52. The number of sulfonamides is 1. The van der Waals surface area contributed by atoms with Crippen molar-refractivity contribution in [1.29, 1.82) is 0 Å². The van der Waals surface area contributed by atoms with Crippen LogP contribution in [0.1, 0.15) is 12.8 Å². The van der Waals surface area contributed by atoms with Crippen molar-refractivity contribution < 1.29 is 13.2 Å². The average molecular weight is 336 g/mol. The summed E-state index contributed by atoms with van der Waals surface area (Å²) in [4.78, 5) is 21.5. The van der Waals surface area contributed by atoms with E-state index < -0.39 is 10.0 Å². The van der Waals surface area contributed by atoms with Gasteiger partial charge in [-0.15, -0.1) is 0 Å². The van der Waals surface area contributed by atoms with Gasteiger partial charge < -0.3 is 9.88 Å². The first kappa shape index (κ1) is 15.9. The summed E-state index contributed by atoms with van der Waals surface area (Å²) in [5, 5.41) is 0. The van der Waals surface area contributed by atoms with Crippen LogP contribution < -0.4 is 4.90 Å². The van der Waals surface area contributed by atoms with E-state index in [1.165, 1.54) is 10.6 Å². The molecule has 23 heavy (non-hydrogen) atoms. The van der Waals surface area contributed by atoms with Crippen LogP contribution in [0.15, 0.2) is 24.5 Å². The van der Waals surface area contributed by atoms with E-state index in [1.807, 2.05) is 18.2 Å². The lowest BCUT2D eigenvalue weighted by Gasteiger charge is -2.31. The molecule has 124 valence electrons. The molecule has 8 heteroatoms. The molecule has 0 radical (unpaired) electrons. The van der Waals surface area contributed by atoms with E-state index in [1.54, 1.807) is 18.3 Å². The van der Waals surface area contributed by atoms with Crippen LogP contribution in [0.4, 0.5) is 5.69 Å². The van der Waals surface area contributed by atoms with Crippen molar-refractivity contribution in [3.8, 4) is 0 Å². The summed E-state index contributed by atoms with van der Waals surface area (Å²) in [6.45, 7) is 0.811. The Hall–Kier alpha value is -1.93. The monoisotopic (exact) mass is 336 g/mol. The number of fused-ring (bicyclic) bond motifs is 1. The molecule has 1 fully saturated rings. The minimum atomic E-state index is -3.17. The number of amides is 1. The number of aromatic nitrogens is 2. The van der Waals surface area contributed by atoms with Gasteiger partial charge in [0.2, 0.25) is 15.9 Å². The fraction of sp³-hybridized carbons (Fsp3) is 0.467. The van der Waals surface area contributed by atoms with Gasteiger partial charge >= 0.3 is 0 Å². The molecule has 0 unspecified atom stereocenters. The zero-order valence-electron chi connectivity index (χ0n) is 13.2. The Bertz CT molecular complexity index is 822. The fourth-order valence-corrected chi connectivity index (χ4v) is 3.84. The Labute approximate surface area is 135 Å². The van der Waals surface area contributed by atoms with Crippen LogP contribution in [0.5, 0.6) is 0 Å². The molecule has 0 spiro atoms. The second-order valence-corrected chi connectivity index (χ2v) is 7.92. The molecule has 1 N–H and O–H groups in total. The molecule has 1 saturated heterocycles. The Kier molecular flexibility index (Phi) is 4.11. The molecule has 0 saturated carbocycles. The molecule has 0 atom stereocenters. The van der Waals surface area contributed by atoms with Gasteiger partial charge in [0.05, 0.1) is 23.6 Å². The number of nitrogens with one attached hydrogen (secondary N) is 1. The number of aromatic amines is 1. The molecule has 2 heterocycles. The lowest BCUT2D eigenvalue weighted by molar-refractivity contribution is -0.123. The molecular formula is C15H20N4O3S. The first-order valence-corrected chi connectivity index (χ1v) is 9.37. The van der Waals surface area contributed by atoms with E-state index >= 15 is 0 Å². The third-order valence-corrected chi connectivity index (χ3v) is 5.70. The van der Waals surface area contributed by atoms with Crippen molar-refractivity contribution in [1.82, 2.24) is 14.3 Å². The normalized spacial score (nSPS) is 17.5. The maximum Gasteiger partial charge on any atom is 0.229 e. The van der Waals surface area contributed by atoms with Gasteiger partial charge in [-0.25, -0.2) is 17.7 Å². The van der Waals surface area contributed by atoms with E-state index in [2.05, 4.69) is 9.97 Å². The topological polar surface area (TPSA) is 86.4 Å². The molecule has 7 nitrogen and oxygen atoms in total. The number of piperidine rings is 1. The predicted octanol–water partition coefficient (Wildman–Crippen LogP) is 1.20. The summed E-state index contributed by atoms with van der Waals surface area (Å²) in [5.41, 5.74) is 2.54.